The monoisotopic (exact) mass is 363 g/mol. The second kappa shape index (κ2) is 6.69. The number of phenols is 2. The zero-order chi connectivity index (χ0) is 18.9. The normalized spacial score (nSPS) is 11.5. The number of nitro benzene ring substituents is 1. The van der Waals surface area contributed by atoms with Gasteiger partial charge >= 0.3 is 5.97 Å². The van der Waals surface area contributed by atoms with Crippen molar-refractivity contribution in [3.63, 3.8) is 0 Å². The van der Waals surface area contributed by atoms with Crippen LogP contribution in [0.3, 0.4) is 0 Å². The largest absolute Gasteiger partial charge is 0.504 e. The lowest BCUT2D eigenvalue weighted by Crippen LogP contribution is -2.22. The minimum atomic E-state index is -0.782. The van der Waals surface area contributed by atoms with Crippen molar-refractivity contribution in [1.82, 2.24) is 0 Å². The van der Waals surface area contributed by atoms with Gasteiger partial charge in [-0.05, 0) is 38.3 Å². The Bertz CT molecular complexity index is 858. The van der Waals surface area contributed by atoms with Crippen LogP contribution >= 0.6 is 0 Å². The Kier molecular flexibility index (Phi) is 5.00. The number of phenolic OH excluding ortho intramolecular Hbond substituents is 2. The Labute approximate surface area is 145 Å². The minimum absolute atomic E-state index is 0.0752. The summed E-state index contributed by atoms with van der Waals surface area (Å²) in [4.78, 5) is 31.8. The van der Waals surface area contributed by atoms with Gasteiger partial charge in [-0.15, -0.1) is 0 Å². The van der Waals surface area contributed by atoms with E-state index in [0.717, 1.165) is 0 Å². The second-order valence-corrected chi connectivity index (χ2v) is 7.28. The van der Waals surface area contributed by atoms with Crippen LogP contribution in [0.25, 0.3) is 10.8 Å². The molecule has 25 heavy (non-hydrogen) atoms. The van der Waals surface area contributed by atoms with Crippen molar-refractivity contribution in [3.05, 3.63) is 33.9 Å². The van der Waals surface area contributed by atoms with Crippen molar-refractivity contribution in [3.8, 4) is 11.5 Å². The van der Waals surface area contributed by atoms with Crippen LogP contribution in [-0.2, 0) is 16.1 Å². The molecule has 0 fully saturated rings. The molecule has 8 nitrogen and oxygen atoms in total. The quantitative estimate of drug-likeness (QED) is 0.247. The third kappa shape index (κ3) is 3.72. The van der Waals surface area contributed by atoms with Gasteiger partial charge in [0.05, 0.1) is 15.9 Å². The number of fused-ring (bicyclic) bond motifs is 1. The third-order valence-electron chi connectivity index (χ3n) is 3.57. The SMILES string of the molecule is CC(C)(C)C(=O)OCc1cc2c(O)c(O)c([Si]O)cc2cc1[N+](=O)[O-]. The number of hydrogen-bond donors (Lipinski definition) is 3. The predicted octanol–water partition coefficient (Wildman–Crippen LogP) is 1.49. The molecular formula is C16H17NO7Si. The Morgan fingerprint density at radius 3 is 2.40 bits per heavy atom. The lowest BCUT2D eigenvalue weighted by Gasteiger charge is -2.17. The van der Waals surface area contributed by atoms with Crippen LogP contribution in [-0.4, -0.2) is 35.7 Å². The van der Waals surface area contributed by atoms with Crippen molar-refractivity contribution in [1.29, 1.82) is 0 Å². The number of nitro groups is 1. The maximum absolute atomic E-state index is 11.9. The number of benzene rings is 2. The lowest BCUT2D eigenvalue weighted by atomic mass is 9.97. The molecule has 0 aromatic heterocycles. The molecule has 0 heterocycles. The van der Waals surface area contributed by atoms with E-state index in [1.54, 1.807) is 20.8 Å². The maximum atomic E-state index is 11.9. The van der Waals surface area contributed by atoms with Crippen molar-refractivity contribution in [2.24, 2.45) is 5.41 Å². The molecule has 0 atom stereocenters. The van der Waals surface area contributed by atoms with E-state index in [1.807, 2.05) is 0 Å². The molecule has 0 aliphatic heterocycles. The van der Waals surface area contributed by atoms with E-state index >= 15 is 0 Å². The Balaban J connectivity index is 2.55. The topological polar surface area (TPSA) is 130 Å². The third-order valence-corrected chi connectivity index (χ3v) is 4.20. The summed E-state index contributed by atoms with van der Waals surface area (Å²) < 4.78 is 5.12. The smallest absolute Gasteiger partial charge is 0.311 e. The standard InChI is InChI=1S/C16H17NO7Si/c1-16(2,3)15(20)24-7-9-4-10-8(5-11(9)17(21)22)6-12(25-23)14(19)13(10)18/h4-6,18-19,23H,7H2,1-3H3. The first-order chi connectivity index (χ1) is 11.6. The van der Waals surface area contributed by atoms with E-state index < -0.39 is 37.6 Å². The molecule has 9 heteroatoms. The van der Waals surface area contributed by atoms with Crippen LogP contribution < -0.4 is 5.19 Å². The van der Waals surface area contributed by atoms with E-state index in [9.17, 15) is 29.9 Å². The number of rotatable bonds is 4. The van der Waals surface area contributed by atoms with Crippen molar-refractivity contribution >= 4 is 37.4 Å². The van der Waals surface area contributed by atoms with Gasteiger partial charge in [0.2, 0.25) is 0 Å². The number of nitrogens with zero attached hydrogens (tertiary/aromatic N) is 1. The lowest BCUT2D eigenvalue weighted by molar-refractivity contribution is -0.385. The summed E-state index contributed by atoms with van der Waals surface area (Å²) in [6.07, 6.45) is 0. The second-order valence-electron chi connectivity index (χ2n) is 6.52. The highest BCUT2D eigenvalue weighted by Gasteiger charge is 2.25. The molecule has 2 aromatic carbocycles. The summed E-state index contributed by atoms with van der Waals surface area (Å²) in [5, 5.41) is 31.8. The molecule has 0 saturated heterocycles. The number of carbonyl (C=O) groups is 1. The first kappa shape index (κ1) is 18.7. The Hall–Kier alpha value is -2.65. The molecule has 132 valence electrons. The van der Waals surface area contributed by atoms with Gasteiger partial charge in [-0.25, -0.2) is 0 Å². The van der Waals surface area contributed by atoms with Crippen LogP contribution in [0, 0.1) is 15.5 Å². The predicted molar refractivity (Wildman–Crippen MR) is 90.8 cm³/mol. The first-order valence-electron chi connectivity index (χ1n) is 7.29. The molecule has 0 aliphatic rings. The summed E-state index contributed by atoms with van der Waals surface area (Å²) in [7, 11) is -0.782. The molecular weight excluding hydrogens is 346 g/mol. The van der Waals surface area contributed by atoms with Gasteiger partial charge in [0.1, 0.15) is 6.61 Å². The van der Waals surface area contributed by atoms with Crippen LogP contribution in [0.1, 0.15) is 26.3 Å². The fraction of sp³-hybridized carbons (Fsp3) is 0.312. The van der Waals surface area contributed by atoms with Crippen LogP contribution in [0.15, 0.2) is 18.2 Å². The number of carbonyl (C=O) groups excluding carboxylic acids is 1. The van der Waals surface area contributed by atoms with Gasteiger partial charge in [0.15, 0.2) is 11.5 Å². The molecule has 3 N–H and O–H groups in total. The molecule has 2 aromatic rings. The molecule has 2 rings (SSSR count). The van der Waals surface area contributed by atoms with E-state index in [4.69, 9.17) is 4.74 Å². The Morgan fingerprint density at radius 2 is 1.88 bits per heavy atom. The maximum Gasteiger partial charge on any atom is 0.311 e. The molecule has 0 amide bonds. The average Bonchev–Trinajstić information content (AvgIpc) is 2.54. The zero-order valence-corrected chi connectivity index (χ0v) is 14.9. The van der Waals surface area contributed by atoms with Crippen molar-refractivity contribution in [2.45, 2.75) is 27.4 Å². The van der Waals surface area contributed by atoms with E-state index in [-0.39, 0.29) is 33.8 Å². The van der Waals surface area contributed by atoms with Gasteiger partial charge < -0.3 is 19.7 Å². The Morgan fingerprint density at radius 1 is 1.24 bits per heavy atom. The van der Waals surface area contributed by atoms with E-state index in [0.29, 0.717) is 0 Å². The molecule has 2 radical (unpaired) electrons. The van der Waals surface area contributed by atoms with E-state index in [1.165, 1.54) is 18.2 Å². The number of aromatic hydroxyl groups is 2. The highest BCUT2D eigenvalue weighted by molar-refractivity contribution is 6.47. The van der Waals surface area contributed by atoms with Crippen molar-refractivity contribution in [2.75, 3.05) is 0 Å². The van der Waals surface area contributed by atoms with Gasteiger partial charge in [-0.3, -0.25) is 14.9 Å². The first-order valence-corrected chi connectivity index (χ1v) is 8.24. The summed E-state index contributed by atoms with van der Waals surface area (Å²) in [6.45, 7) is 4.63. The average molecular weight is 363 g/mol. The summed E-state index contributed by atoms with van der Waals surface area (Å²) in [6, 6.07) is 3.86. The van der Waals surface area contributed by atoms with Crippen LogP contribution in [0.4, 0.5) is 5.69 Å². The van der Waals surface area contributed by atoms with Gasteiger partial charge in [0.25, 0.3) is 15.5 Å². The summed E-state index contributed by atoms with van der Waals surface area (Å²) in [5.41, 5.74) is -0.960. The highest BCUT2D eigenvalue weighted by Crippen LogP contribution is 2.36. The molecule has 0 aliphatic carbocycles. The number of hydrogen-bond acceptors (Lipinski definition) is 7. The molecule has 0 saturated carbocycles. The zero-order valence-electron chi connectivity index (χ0n) is 13.9. The van der Waals surface area contributed by atoms with Gasteiger partial charge in [-0.1, -0.05) is 0 Å². The fourth-order valence-corrected chi connectivity index (χ4v) is 2.63. The van der Waals surface area contributed by atoms with Gasteiger partial charge in [0, 0.05) is 16.6 Å². The summed E-state index contributed by atoms with van der Waals surface area (Å²) in [5.74, 6) is -1.50. The fourth-order valence-electron chi connectivity index (χ4n) is 2.18. The molecule has 0 spiro atoms. The van der Waals surface area contributed by atoms with Crippen molar-refractivity contribution < 1.29 is 29.5 Å². The van der Waals surface area contributed by atoms with E-state index in [2.05, 4.69) is 0 Å². The molecule has 0 bridgehead atoms. The number of ether oxygens (including phenoxy) is 1. The highest BCUT2D eigenvalue weighted by atomic mass is 28.2. The van der Waals surface area contributed by atoms with Crippen LogP contribution in [0.5, 0.6) is 11.5 Å². The number of esters is 1. The van der Waals surface area contributed by atoms with Gasteiger partial charge in [-0.2, -0.15) is 0 Å². The molecule has 0 unspecified atom stereocenters. The van der Waals surface area contributed by atoms with Crippen LogP contribution in [0.2, 0.25) is 0 Å². The summed E-state index contributed by atoms with van der Waals surface area (Å²) >= 11 is 0. The minimum Gasteiger partial charge on any atom is -0.504 e.